The van der Waals surface area contributed by atoms with E-state index in [1.807, 2.05) is 0 Å². The number of nitrogens with two attached hydrogens (primary N) is 3. The van der Waals surface area contributed by atoms with Crippen molar-refractivity contribution in [1.29, 1.82) is 0 Å². The average Bonchev–Trinajstić information content (AvgIpc) is 3.55. The number of amides is 4. The zero-order valence-electron chi connectivity index (χ0n) is 22.6. The van der Waals surface area contributed by atoms with Crippen LogP contribution in [0.25, 0.3) is 0 Å². The lowest BCUT2D eigenvalue weighted by molar-refractivity contribution is -0.152. The molecule has 220 valence electrons. The molecular weight excluding hydrogens is 524 g/mol. The molecule has 0 fully saturated rings. The number of hydrogen-bond acceptors (Lipinski definition) is 10. The number of aromatic amines is 1. The molecule has 16 nitrogen and oxygen atoms in total. The van der Waals surface area contributed by atoms with Crippen LogP contribution >= 0.6 is 0 Å². The number of carboxylic acids is 1. The maximum atomic E-state index is 13.5. The van der Waals surface area contributed by atoms with Crippen molar-refractivity contribution in [2.45, 2.75) is 57.2 Å². The number of hydrogen-bond donors (Lipinski definition) is 7. The van der Waals surface area contributed by atoms with Gasteiger partial charge in [-0.3, -0.25) is 24.1 Å². The van der Waals surface area contributed by atoms with Crippen molar-refractivity contribution in [1.82, 2.24) is 35.1 Å². The van der Waals surface area contributed by atoms with E-state index in [0.717, 1.165) is 0 Å². The topological polar surface area (TPSA) is 257 Å². The molecule has 2 aromatic rings. The molecule has 0 unspecified atom stereocenters. The number of nitrogens with zero attached hydrogens (tertiary/aromatic N) is 4. The van der Waals surface area contributed by atoms with Gasteiger partial charge in [-0.05, 0) is 32.7 Å². The highest BCUT2D eigenvalue weighted by atomic mass is 16.4. The number of carboxylic acid groups (broad SMARTS) is 1. The Morgan fingerprint density at radius 1 is 1.12 bits per heavy atom. The fourth-order valence-electron chi connectivity index (χ4n) is 4.06. The molecule has 10 N–H and O–H groups in total. The maximum Gasteiger partial charge on any atom is 0.326 e. The second-order valence-electron chi connectivity index (χ2n) is 9.26. The molecule has 16 heteroatoms. The predicted octanol–water partition coefficient (Wildman–Crippen LogP) is -2.94. The summed E-state index contributed by atoms with van der Waals surface area (Å²) in [6.45, 7) is 0.767. The van der Waals surface area contributed by atoms with Crippen molar-refractivity contribution in [3.05, 3.63) is 35.9 Å². The highest BCUT2D eigenvalue weighted by molar-refractivity contribution is 6.03. The predicted molar refractivity (Wildman–Crippen MR) is 142 cm³/mol. The van der Waals surface area contributed by atoms with Crippen molar-refractivity contribution in [3.63, 3.8) is 0 Å². The summed E-state index contributed by atoms with van der Waals surface area (Å²) in [7, 11) is 1.68. The van der Waals surface area contributed by atoms with E-state index in [4.69, 9.17) is 17.2 Å². The molecule has 0 radical (unpaired) electrons. The Kier molecular flexibility index (Phi) is 12.4. The van der Waals surface area contributed by atoms with Gasteiger partial charge in [0.2, 0.25) is 23.6 Å². The number of aromatic nitrogens is 4. The molecule has 0 saturated carbocycles. The molecule has 2 aromatic heterocycles. The van der Waals surface area contributed by atoms with Gasteiger partial charge in [-0.1, -0.05) is 0 Å². The minimum Gasteiger partial charge on any atom is -0.480 e. The van der Waals surface area contributed by atoms with E-state index in [1.54, 1.807) is 18.5 Å². The molecule has 0 aliphatic rings. The van der Waals surface area contributed by atoms with E-state index in [0.29, 0.717) is 41.4 Å². The first-order valence-corrected chi connectivity index (χ1v) is 12.8. The second-order valence-corrected chi connectivity index (χ2v) is 9.26. The summed E-state index contributed by atoms with van der Waals surface area (Å²) >= 11 is 0. The molecule has 0 aromatic carbocycles. The van der Waals surface area contributed by atoms with Crippen LogP contribution in [0.4, 0.5) is 0 Å². The number of imidazole rings is 2. The van der Waals surface area contributed by atoms with Gasteiger partial charge in [0.15, 0.2) is 0 Å². The maximum absolute atomic E-state index is 13.5. The summed E-state index contributed by atoms with van der Waals surface area (Å²) in [4.78, 5) is 75.6. The SMILES string of the molecule is Cc1ncn(C)c1C[C@@H](C(=O)N[C@@H](CCCCN)C(=O)O)N(C(=O)CN)C(=O)CNC(=O)[C@@H](N)Cc1cnc[nH]1. The lowest BCUT2D eigenvalue weighted by atomic mass is 10.0. The number of H-pyrrole nitrogens is 1. The lowest BCUT2D eigenvalue weighted by Gasteiger charge is -2.30. The quantitative estimate of drug-likeness (QED) is 0.102. The Morgan fingerprint density at radius 2 is 1.85 bits per heavy atom. The molecule has 2 rings (SSSR count). The first-order valence-electron chi connectivity index (χ1n) is 12.8. The Bertz CT molecular complexity index is 1150. The first kappa shape index (κ1) is 32.1. The number of carbonyl (C=O) groups is 5. The molecule has 4 amide bonds. The standard InChI is InChI=1S/C24H38N10O6/c1-14-18(33(2)13-31-14)8-19(23(38)32-17(24(39)40)5-3-4-6-25)34(20(35)9-26)21(36)11-29-22(37)16(27)7-15-10-28-12-30-15/h10,12-13,16-17,19H,3-9,11,25-27H2,1-2H3,(H,28,30)(H,29,37)(H,32,38)(H,39,40)/t16-,17-,19-/m0/s1. The molecule has 0 bridgehead atoms. The highest BCUT2D eigenvalue weighted by Crippen LogP contribution is 2.15. The van der Waals surface area contributed by atoms with Crippen molar-refractivity contribution < 1.29 is 29.1 Å². The van der Waals surface area contributed by atoms with Crippen LogP contribution in [0.1, 0.15) is 36.3 Å². The first-order chi connectivity index (χ1) is 19.0. The minimum absolute atomic E-state index is 0.0960. The molecule has 0 aliphatic carbocycles. The van der Waals surface area contributed by atoms with Crippen LogP contribution < -0.4 is 27.8 Å². The van der Waals surface area contributed by atoms with Crippen LogP contribution in [-0.2, 0) is 43.9 Å². The summed E-state index contributed by atoms with van der Waals surface area (Å²) in [5.41, 5.74) is 18.7. The van der Waals surface area contributed by atoms with Gasteiger partial charge >= 0.3 is 5.97 Å². The van der Waals surface area contributed by atoms with Crippen LogP contribution in [0.5, 0.6) is 0 Å². The van der Waals surface area contributed by atoms with E-state index < -0.39 is 60.8 Å². The summed E-state index contributed by atoms with van der Waals surface area (Å²) in [6.07, 6.45) is 5.48. The van der Waals surface area contributed by atoms with Crippen molar-refractivity contribution >= 4 is 29.6 Å². The van der Waals surface area contributed by atoms with E-state index in [2.05, 4.69) is 25.6 Å². The summed E-state index contributed by atoms with van der Waals surface area (Å²) in [5.74, 6) is -4.64. The monoisotopic (exact) mass is 562 g/mol. The Hall–Kier alpha value is -4.15. The summed E-state index contributed by atoms with van der Waals surface area (Å²) in [5, 5.41) is 14.5. The molecular formula is C24H38N10O6. The number of nitrogens with one attached hydrogen (secondary N) is 3. The van der Waals surface area contributed by atoms with Gasteiger partial charge in [0.1, 0.15) is 12.1 Å². The third-order valence-electron chi connectivity index (χ3n) is 6.29. The molecule has 0 spiro atoms. The smallest absolute Gasteiger partial charge is 0.326 e. The van der Waals surface area contributed by atoms with E-state index in [1.165, 1.54) is 18.9 Å². The molecule has 0 aliphatic heterocycles. The lowest BCUT2D eigenvalue weighted by Crippen LogP contribution is -2.59. The number of aryl methyl sites for hydroxylation is 2. The highest BCUT2D eigenvalue weighted by Gasteiger charge is 2.37. The zero-order valence-corrected chi connectivity index (χ0v) is 22.6. The molecule has 0 saturated heterocycles. The fraction of sp³-hybridized carbons (Fsp3) is 0.542. The van der Waals surface area contributed by atoms with E-state index in [9.17, 15) is 29.1 Å². The molecule has 3 atom stereocenters. The Balaban J connectivity index is 2.29. The Morgan fingerprint density at radius 3 is 2.40 bits per heavy atom. The van der Waals surface area contributed by atoms with Crippen molar-refractivity contribution in [2.24, 2.45) is 24.2 Å². The fourth-order valence-corrected chi connectivity index (χ4v) is 4.06. The summed E-state index contributed by atoms with van der Waals surface area (Å²) < 4.78 is 1.62. The number of aliphatic carboxylic acids is 1. The van der Waals surface area contributed by atoms with Crippen molar-refractivity contribution in [2.75, 3.05) is 19.6 Å². The Labute approximate surface area is 231 Å². The van der Waals surface area contributed by atoms with Gasteiger partial charge in [-0.15, -0.1) is 0 Å². The van der Waals surface area contributed by atoms with Gasteiger partial charge in [0, 0.05) is 37.5 Å². The van der Waals surface area contributed by atoms with Gasteiger partial charge < -0.3 is 42.5 Å². The summed E-state index contributed by atoms with van der Waals surface area (Å²) in [6, 6.07) is -3.78. The van der Waals surface area contributed by atoms with Crippen LogP contribution in [0.3, 0.4) is 0 Å². The number of rotatable bonds is 16. The molecule has 2 heterocycles. The van der Waals surface area contributed by atoms with Gasteiger partial charge in [-0.25, -0.2) is 14.8 Å². The largest absolute Gasteiger partial charge is 0.480 e. The van der Waals surface area contributed by atoms with Gasteiger partial charge in [0.05, 0.1) is 37.5 Å². The van der Waals surface area contributed by atoms with Gasteiger partial charge in [-0.2, -0.15) is 0 Å². The third-order valence-corrected chi connectivity index (χ3v) is 6.29. The molecule has 40 heavy (non-hydrogen) atoms. The van der Waals surface area contributed by atoms with E-state index in [-0.39, 0.29) is 19.3 Å². The van der Waals surface area contributed by atoms with Crippen LogP contribution in [0.15, 0.2) is 18.9 Å². The zero-order chi connectivity index (χ0) is 29.8. The minimum atomic E-state index is -1.48. The average molecular weight is 563 g/mol. The number of unbranched alkanes of at least 4 members (excludes halogenated alkanes) is 1. The van der Waals surface area contributed by atoms with Crippen LogP contribution in [-0.4, -0.2) is 96.9 Å². The van der Waals surface area contributed by atoms with E-state index >= 15 is 0 Å². The second kappa shape index (κ2) is 15.4. The van der Waals surface area contributed by atoms with Crippen LogP contribution in [0, 0.1) is 6.92 Å². The van der Waals surface area contributed by atoms with Crippen molar-refractivity contribution in [3.8, 4) is 0 Å². The normalized spacial score (nSPS) is 13.2. The number of carbonyl (C=O) groups excluding carboxylic acids is 4. The van der Waals surface area contributed by atoms with Crippen LogP contribution in [0.2, 0.25) is 0 Å². The number of imide groups is 1. The van der Waals surface area contributed by atoms with Gasteiger partial charge in [0.25, 0.3) is 0 Å². The third kappa shape index (κ3) is 8.96.